The monoisotopic (exact) mass is 331 g/mol. The number of thioether (sulfide) groups is 1. The van der Waals surface area contributed by atoms with Gasteiger partial charge in [-0.2, -0.15) is 0 Å². The summed E-state index contributed by atoms with van der Waals surface area (Å²) in [7, 11) is 5.52. The normalized spacial score (nSPS) is 13.5. The van der Waals surface area contributed by atoms with E-state index in [4.69, 9.17) is 9.72 Å². The summed E-state index contributed by atoms with van der Waals surface area (Å²) in [6, 6.07) is 7.83. The van der Waals surface area contributed by atoms with Crippen molar-refractivity contribution in [2.75, 3.05) is 31.9 Å². The molecule has 2 heterocycles. The minimum Gasteiger partial charge on any atom is -0.497 e. The summed E-state index contributed by atoms with van der Waals surface area (Å²) in [5.41, 5.74) is 1.92. The molecule has 0 saturated carbocycles. The number of ether oxygens (including phenoxy) is 1. The highest BCUT2D eigenvalue weighted by Gasteiger charge is 2.20. The third kappa shape index (κ3) is 3.22. The number of rotatable bonds is 4. The molecule has 1 aromatic carbocycles. The molecule has 23 heavy (non-hydrogen) atoms. The Hall–Kier alpha value is -1.95. The maximum absolute atomic E-state index is 12.9. The Balaban J connectivity index is 2.04. The molecule has 0 spiro atoms. The minimum atomic E-state index is 0.0849. The molecule has 0 unspecified atom stereocenters. The standard InChI is InChI=1S/C17H21N3O2S/c1-19(2)15-14(11-12-5-7-13(22-3)8-6-12)16(21)20-9-4-10-23-17(20)18-15/h5-8H,4,9-11H2,1-3H3. The zero-order chi connectivity index (χ0) is 16.4. The van der Waals surface area contributed by atoms with Crippen LogP contribution in [-0.4, -0.2) is 36.5 Å². The van der Waals surface area contributed by atoms with Crippen molar-refractivity contribution >= 4 is 17.6 Å². The van der Waals surface area contributed by atoms with Crippen LogP contribution in [-0.2, 0) is 13.0 Å². The second-order valence-corrected chi connectivity index (χ2v) is 6.84. The van der Waals surface area contributed by atoms with Crippen LogP contribution in [0.3, 0.4) is 0 Å². The maximum atomic E-state index is 12.9. The first-order chi connectivity index (χ1) is 11.1. The van der Waals surface area contributed by atoms with Crippen LogP contribution in [0.2, 0.25) is 0 Å². The largest absolute Gasteiger partial charge is 0.497 e. The average molecular weight is 331 g/mol. The summed E-state index contributed by atoms with van der Waals surface area (Å²) >= 11 is 1.66. The summed E-state index contributed by atoms with van der Waals surface area (Å²) in [5, 5.41) is 0.837. The SMILES string of the molecule is COc1ccc(Cc2c(N(C)C)nc3n(c2=O)CCCS3)cc1. The van der Waals surface area contributed by atoms with E-state index in [9.17, 15) is 4.79 Å². The van der Waals surface area contributed by atoms with Gasteiger partial charge in [0.15, 0.2) is 5.16 Å². The van der Waals surface area contributed by atoms with Gasteiger partial charge in [-0.05, 0) is 24.1 Å². The van der Waals surface area contributed by atoms with E-state index in [1.165, 1.54) is 0 Å². The zero-order valence-electron chi connectivity index (χ0n) is 13.7. The van der Waals surface area contributed by atoms with Crippen LogP contribution in [0.25, 0.3) is 0 Å². The van der Waals surface area contributed by atoms with Crippen LogP contribution in [0.1, 0.15) is 17.5 Å². The van der Waals surface area contributed by atoms with Crippen molar-refractivity contribution in [3.8, 4) is 5.75 Å². The number of hydrogen-bond donors (Lipinski definition) is 0. The van der Waals surface area contributed by atoms with Gasteiger partial charge in [0.2, 0.25) is 0 Å². The van der Waals surface area contributed by atoms with Gasteiger partial charge in [-0.1, -0.05) is 23.9 Å². The number of nitrogens with zero attached hydrogens (tertiary/aromatic N) is 3. The predicted molar refractivity (Wildman–Crippen MR) is 94.0 cm³/mol. The summed E-state index contributed by atoms with van der Waals surface area (Å²) in [6.45, 7) is 0.761. The van der Waals surface area contributed by atoms with Gasteiger partial charge in [0.05, 0.1) is 12.7 Å². The molecule has 0 atom stereocenters. The highest BCUT2D eigenvalue weighted by atomic mass is 32.2. The lowest BCUT2D eigenvalue weighted by Crippen LogP contribution is -2.32. The molecular weight excluding hydrogens is 310 g/mol. The van der Waals surface area contributed by atoms with Gasteiger partial charge in [-0.15, -0.1) is 0 Å². The van der Waals surface area contributed by atoms with Crippen LogP contribution in [0.15, 0.2) is 34.2 Å². The van der Waals surface area contributed by atoms with Crippen LogP contribution in [0, 0.1) is 0 Å². The number of anilines is 1. The second kappa shape index (κ2) is 6.66. The Labute approximate surface area is 140 Å². The Morgan fingerprint density at radius 2 is 2.04 bits per heavy atom. The number of methoxy groups -OCH3 is 1. The smallest absolute Gasteiger partial charge is 0.259 e. The fourth-order valence-electron chi connectivity index (χ4n) is 2.73. The highest BCUT2D eigenvalue weighted by molar-refractivity contribution is 7.99. The number of fused-ring (bicyclic) bond motifs is 1. The van der Waals surface area contributed by atoms with Gasteiger partial charge in [0.1, 0.15) is 11.6 Å². The first-order valence-corrected chi connectivity index (χ1v) is 8.65. The second-order valence-electron chi connectivity index (χ2n) is 5.77. The fraction of sp³-hybridized carbons (Fsp3) is 0.412. The molecule has 1 aliphatic rings. The van der Waals surface area contributed by atoms with E-state index >= 15 is 0 Å². The summed E-state index contributed by atoms with van der Waals surface area (Å²) < 4.78 is 7.01. The van der Waals surface area contributed by atoms with E-state index in [1.54, 1.807) is 18.9 Å². The summed E-state index contributed by atoms with van der Waals surface area (Å²) in [5.74, 6) is 2.61. The molecule has 5 nitrogen and oxygen atoms in total. The van der Waals surface area contributed by atoms with Crippen LogP contribution >= 0.6 is 11.8 Å². The van der Waals surface area contributed by atoms with Crippen molar-refractivity contribution < 1.29 is 4.74 Å². The van der Waals surface area contributed by atoms with E-state index in [0.29, 0.717) is 6.42 Å². The highest BCUT2D eigenvalue weighted by Crippen LogP contribution is 2.26. The van der Waals surface area contributed by atoms with E-state index in [1.807, 2.05) is 47.8 Å². The third-order valence-corrected chi connectivity index (χ3v) is 4.99. The van der Waals surface area contributed by atoms with Crippen molar-refractivity contribution in [2.24, 2.45) is 0 Å². The fourth-order valence-corrected chi connectivity index (χ4v) is 3.67. The van der Waals surface area contributed by atoms with Gasteiger partial charge in [0.25, 0.3) is 5.56 Å². The van der Waals surface area contributed by atoms with Crippen molar-refractivity contribution in [3.63, 3.8) is 0 Å². The number of benzene rings is 1. The number of hydrogen-bond acceptors (Lipinski definition) is 5. The van der Waals surface area contributed by atoms with Gasteiger partial charge < -0.3 is 9.64 Å². The molecule has 0 aliphatic carbocycles. The molecule has 1 aromatic heterocycles. The first-order valence-electron chi connectivity index (χ1n) is 7.67. The molecule has 6 heteroatoms. The molecule has 122 valence electrons. The van der Waals surface area contributed by atoms with E-state index < -0.39 is 0 Å². The molecule has 0 bridgehead atoms. The van der Waals surface area contributed by atoms with E-state index in [2.05, 4.69) is 0 Å². The average Bonchev–Trinajstić information content (AvgIpc) is 2.57. The molecular formula is C17H21N3O2S. The Morgan fingerprint density at radius 1 is 1.30 bits per heavy atom. The molecule has 3 rings (SSSR count). The lowest BCUT2D eigenvalue weighted by Gasteiger charge is -2.22. The minimum absolute atomic E-state index is 0.0849. The summed E-state index contributed by atoms with van der Waals surface area (Å²) in [4.78, 5) is 19.6. The van der Waals surface area contributed by atoms with Gasteiger partial charge in [-0.25, -0.2) is 4.98 Å². The van der Waals surface area contributed by atoms with Gasteiger partial charge in [0, 0.05) is 32.8 Å². The van der Waals surface area contributed by atoms with E-state index in [-0.39, 0.29) is 5.56 Å². The predicted octanol–water partition coefficient (Wildman–Crippen LogP) is 2.40. The first kappa shape index (κ1) is 15.9. The van der Waals surface area contributed by atoms with Crippen molar-refractivity contribution in [3.05, 3.63) is 45.7 Å². The molecule has 0 amide bonds. The Morgan fingerprint density at radius 3 is 2.70 bits per heavy atom. The summed E-state index contributed by atoms with van der Waals surface area (Å²) in [6.07, 6.45) is 1.59. The van der Waals surface area contributed by atoms with Crippen LogP contribution in [0.4, 0.5) is 5.82 Å². The van der Waals surface area contributed by atoms with Gasteiger partial charge >= 0.3 is 0 Å². The van der Waals surface area contributed by atoms with Gasteiger partial charge in [-0.3, -0.25) is 9.36 Å². The third-order valence-electron chi connectivity index (χ3n) is 3.93. The molecule has 1 aliphatic heterocycles. The lowest BCUT2D eigenvalue weighted by molar-refractivity contribution is 0.414. The molecule has 0 N–H and O–H groups in total. The van der Waals surface area contributed by atoms with Crippen LogP contribution < -0.4 is 15.2 Å². The molecule has 0 saturated heterocycles. The maximum Gasteiger partial charge on any atom is 0.259 e. The molecule has 2 aromatic rings. The van der Waals surface area contributed by atoms with Crippen LogP contribution in [0.5, 0.6) is 5.75 Å². The van der Waals surface area contributed by atoms with Crippen molar-refractivity contribution in [2.45, 2.75) is 24.5 Å². The topological polar surface area (TPSA) is 47.4 Å². The quantitative estimate of drug-likeness (QED) is 0.805. The van der Waals surface area contributed by atoms with E-state index in [0.717, 1.165) is 46.6 Å². The Bertz CT molecular complexity index is 754. The molecule has 0 radical (unpaired) electrons. The number of aromatic nitrogens is 2. The molecule has 0 fully saturated rings. The van der Waals surface area contributed by atoms with Crippen molar-refractivity contribution in [1.29, 1.82) is 0 Å². The zero-order valence-corrected chi connectivity index (χ0v) is 14.5. The lowest BCUT2D eigenvalue weighted by atomic mass is 10.1. The van der Waals surface area contributed by atoms with Crippen molar-refractivity contribution in [1.82, 2.24) is 9.55 Å². The Kier molecular flexibility index (Phi) is 4.61.